The molecule has 0 radical (unpaired) electrons. The van der Waals surface area contributed by atoms with E-state index in [9.17, 15) is 9.59 Å². The van der Waals surface area contributed by atoms with Crippen LogP contribution in [0.1, 0.15) is 31.4 Å². The number of nitrogens with zero attached hydrogens (tertiary/aromatic N) is 1. The Balaban J connectivity index is 2.22. The van der Waals surface area contributed by atoms with E-state index in [0.717, 1.165) is 24.9 Å². The fourth-order valence-electron chi connectivity index (χ4n) is 3.06. The monoisotopic (exact) mass is 338 g/mol. The Morgan fingerprint density at radius 3 is 2.91 bits per heavy atom. The normalized spacial score (nSPS) is 19.9. The fraction of sp³-hybridized carbons (Fsp3) is 0.529. The number of methoxy groups -OCH3 is 1. The van der Waals surface area contributed by atoms with E-state index in [-0.39, 0.29) is 17.8 Å². The van der Waals surface area contributed by atoms with Crippen molar-refractivity contribution in [2.75, 3.05) is 26.7 Å². The van der Waals surface area contributed by atoms with E-state index < -0.39 is 6.04 Å². The molecule has 1 saturated heterocycles. The van der Waals surface area contributed by atoms with Gasteiger partial charge in [0.2, 0.25) is 5.91 Å². The van der Waals surface area contributed by atoms with Gasteiger partial charge in [-0.25, -0.2) is 4.79 Å². The van der Waals surface area contributed by atoms with Gasteiger partial charge in [0, 0.05) is 18.1 Å². The first kappa shape index (κ1) is 17.8. The number of carbonyl (C=O) groups excluding carboxylic acids is 2. The van der Waals surface area contributed by atoms with Gasteiger partial charge in [0.05, 0.1) is 13.0 Å². The number of hydrogen-bond acceptors (Lipinski definition) is 4. The fourth-order valence-corrected chi connectivity index (χ4v) is 3.26. The Morgan fingerprint density at radius 1 is 1.48 bits per heavy atom. The Morgan fingerprint density at radius 2 is 2.26 bits per heavy atom. The van der Waals surface area contributed by atoms with Crippen LogP contribution in [0.5, 0.6) is 0 Å². The van der Waals surface area contributed by atoms with Crippen LogP contribution in [0.15, 0.2) is 24.3 Å². The molecule has 0 spiro atoms. The highest BCUT2D eigenvalue weighted by molar-refractivity contribution is 6.30. The van der Waals surface area contributed by atoms with Crippen LogP contribution in [-0.4, -0.2) is 43.5 Å². The first-order valence-electron chi connectivity index (χ1n) is 7.91. The van der Waals surface area contributed by atoms with Crippen LogP contribution < -0.4 is 5.32 Å². The summed E-state index contributed by atoms with van der Waals surface area (Å²) in [5.74, 6) is -0.384. The second-order valence-corrected chi connectivity index (χ2v) is 6.15. The van der Waals surface area contributed by atoms with Crippen molar-refractivity contribution in [1.29, 1.82) is 0 Å². The molecule has 1 heterocycles. The number of esters is 1. The maximum Gasteiger partial charge on any atom is 0.327 e. The molecular formula is C17H23ClN2O3. The van der Waals surface area contributed by atoms with E-state index in [1.165, 1.54) is 7.11 Å². The molecule has 1 fully saturated rings. The van der Waals surface area contributed by atoms with Crippen molar-refractivity contribution in [3.05, 3.63) is 34.9 Å². The first-order valence-corrected chi connectivity index (χ1v) is 8.29. The summed E-state index contributed by atoms with van der Waals surface area (Å²) in [5, 5.41) is 3.44. The third-order valence-corrected chi connectivity index (χ3v) is 4.36. The number of hydrogen-bond donors (Lipinski definition) is 1. The summed E-state index contributed by atoms with van der Waals surface area (Å²) in [5.41, 5.74) is 0.792. The lowest BCUT2D eigenvalue weighted by molar-refractivity contribution is -0.149. The van der Waals surface area contributed by atoms with Gasteiger partial charge in [0.15, 0.2) is 0 Å². The van der Waals surface area contributed by atoms with E-state index in [1.54, 1.807) is 12.1 Å². The molecular weight excluding hydrogens is 316 g/mol. The Bertz CT molecular complexity index is 565. The second kappa shape index (κ2) is 8.31. The van der Waals surface area contributed by atoms with Crippen LogP contribution in [-0.2, 0) is 14.3 Å². The number of amides is 1. The zero-order valence-electron chi connectivity index (χ0n) is 13.5. The van der Waals surface area contributed by atoms with Crippen LogP contribution in [0, 0.1) is 5.92 Å². The summed E-state index contributed by atoms with van der Waals surface area (Å²) < 4.78 is 4.98. The van der Waals surface area contributed by atoms with Gasteiger partial charge in [0.25, 0.3) is 0 Å². The van der Waals surface area contributed by atoms with Crippen molar-refractivity contribution in [2.45, 2.75) is 25.8 Å². The maximum absolute atomic E-state index is 12.3. The lowest BCUT2D eigenvalue weighted by atomic mass is 9.94. The molecule has 23 heavy (non-hydrogen) atoms. The predicted octanol–water partition coefficient (Wildman–Crippen LogP) is 2.40. The van der Waals surface area contributed by atoms with Crippen molar-refractivity contribution >= 4 is 23.5 Å². The summed E-state index contributed by atoms with van der Waals surface area (Å²) in [4.78, 5) is 26.5. The Hall–Kier alpha value is -1.59. The van der Waals surface area contributed by atoms with Crippen molar-refractivity contribution < 1.29 is 14.3 Å². The highest BCUT2D eigenvalue weighted by atomic mass is 35.5. The number of likely N-dealkylation sites (tertiary alicyclic amines) is 1. The average Bonchev–Trinajstić information content (AvgIpc) is 2.55. The van der Waals surface area contributed by atoms with Crippen LogP contribution in [0.3, 0.4) is 0 Å². The molecule has 1 N–H and O–H groups in total. The second-order valence-electron chi connectivity index (χ2n) is 5.71. The minimum absolute atomic E-state index is 0.0481. The quantitative estimate of drug-likeness (QED) is 0.838. The summed E-state index contributed by atoms with van der Waals surface area (Å²) in [6.07, 6.45) is 1.71. The topological polar surface area (TPSA) is 58.6 Å². The first-order chi connectivity index (χ1) is 11.1. The maximum atomic E-state index is 12.3. The summed E-state index contributed by atoms with van der Waals surface area (Å²) >= 11 is 6.06. The molecule has 0 aliphatic carbocycles. The molecule has 0 bridgehead atoms. The van der Waals surface area contributed by atoms with Crippen LogP contribution in [0.25, 0.3) is 0 Å². The molecule has 1 aromatic carbocycles. The van der Waals surface area contributed by atoms with Gasteiger partial charge >= 0.3 is 5.97 Å². The number of nitrogens with one attached hydrogen (secondary N) is 1. The summed E-state index contributed by atoms with van der Waals surface area (Å²) in [7, 11) is 1.38. The molecule has 0 saturated carbocycles. The highest BCUT2D eigenvalue weighted by Gasteiger charge is 2.34. The van der Waals surface area contributed by atoms with Crippen molar-refractivity contribution in [2.24, 2.45) is 5.92 Å². The Labute approximate surface area is 141 Å². The molecule has 1 aliphatic heterocycles. The van der Waals surface area contributed by atoms with E-state index in [4.69, 9.17) is 16.3 Å². The highest BCUT2D eigenvalue weighted by Crippen LogP contribution is 2.29. The van der Waals surface area contributed by atoms with Gasteiger partial charge in [-0.2, -0.15) is 0 Å². The summed E-state index contributed by atoms with van der Waals surface area (Å²) in [6.45, 7) is 3.81. The van der Waals surface area contributed by atoms with Gasteiger partial charge in [0.1, 0.15) is 6.04 Å². The van der Waals surface area contributed by atoms with Gasteiger partial charge in [-0.1, -0.05) is 23.7 Å². The van der Waals surface area contributed by atoms with E-state index >= 15 is 0 Å². The van der Waals surface area contributed by atoms with Gasteiger partial charge in [-0.05, 0) is 44.0 Å². The van der Waals surface area contributed by atoms with Crippen LogP contribution >= 0.6 is 11.6 Å². The number of carbonyl (C=O) groups is 2. The molecule has 6 heteroatoms. The van der Waals surface area contributed by atoms with Crippen LogP contribution in [0.2, 0.25) is 5.02 Å². The van der Waals surface area contributed by atoms with Gasteiger partial charge in [-0.3, -0.25) is 9.69 Å². The molecule has 1 aliphatic rings. The van der Waals surface area contributed by atoms with E-state index in [1.807, 2.05) is 24.0 Å². The smallest absolute Gasteiger partial charge is 0.327 e. The molecule has 2 atom stereocenters. The SMILES string of the molecule is CCNC(=O)[C@H]1CCCN([C@H](C(=O)OC)c2cccc(Cl)c2)C1. The number of benzene rings is 1. The van der Waals surface area contributed by atoms with Crippen molar-refractivity contribution in [3.63, 3.8) is 0 Å². The summed E-state index contributed by atoms with van der Waals surface area (Å²) in [6, 6.07) is 6.70. The zero-order valence-corrected chi connectivity index (χ0v) is 14.3. The number of piperidine rings is 1. The van der Waals surface area contributed by atoms with E-state index in [2.05, 4.69) is 5.32 Å². The minimum atomic E-state index is -0.532. The zero-order chi connectivity index (χ0) is 16.8. The lowest BCUT2D eigenvalue weighted by Crippen LogP contribution is -2.46. The predicted molar refractivity (Wildman–Crippen MR) is 89.2 cm³/mol. The molecule has 1 amide bonds. The van der Waals surface area contributed by atoms with Gasteiger partial charge < -0.3 is 10.1 Å². The number of halogens is 1. The van der Waals surface area contributed by atoms with Crippen LogP contribution in [0.4, 0.5) is 0 Å². The molecule has 2 rings (SSSR count). The molecule has 5 nitrogen and oxygen atoms in total. The average molecular weight is 339 g/mol. The molecule has 126 valence electrons. The largest absolute Gasteiger partial charge is 0.468 e. The molecule has 0 unspecified atom stereocenters. The van der Waals surface area contributed by atoms with Crippen molar-refractivity contribution in [1.82, 2.24) is 10.2 Å². The lowest BCUT2D eigenvalue weighted by Gasteiger charge is -2.36. The van der Waals surface area contributed by atoms with E-state index in [0.29, 0.717) is 18.1 Å². The third-order valence-electron chi connectivity index (χ3n) is 4.13. The number of ether oxygens (including phenoxy) is 1. The number of rotatable bonds is 5. The minimum Gasteiger partial charge on any atom is -0.468 e. The van der Waals surface area contributed by atoms with Crippen molar-refractivity contribution in [3.8, 4) is 0 Å². The van der Waals surface area contributed by atoms with Gasteiger partial charge in [-0.15, -0.1) is 0 Å². The Kier molecular flexibility index (Phi) is 6.42. The molecule has 1 aromatic rings. The third kappa shape index (κ3) is 4.45. The molecule has 0 aromatic heterocycles. The standard InChI is InChI=1S/C17H23ClN2O3/c1-3-19-16(21)13-7-5-9-20(11-13)15(17(22)23-2)12-6-4-8-14(18)10-12/h4,6,8,10,13,15H,3,5,7,9,11H2,1-2H3,(H,19,21)/t13-,15-/m0/s1.